The van der Waals surface area contributed by atoms with E-state index in [9.17, 15) is 14.3 Å². The van der Waals surface area contributed by atoms with Crippen LogP contribution in [-0.2, 0) is 15.8 Å². The molecule has 0 saturated heterocycles. The number of hydrogen-bond donors (Lipinski definition) is 2. The van der Waals surface area contributed by atoms with Crippen molar-refractivity contribution in [3.05, 3.63) is 29.8 Å². The second kappa shape index (κ2) is 5.28. The SMILES string of the molecule is CCc1ccc(P(=O)(O)CCC(=O)O)cc1. The molecule has 16 heavy (non-hydrogen) atoms. The summed E-state index contributed by atoms with van der Waals surface area (Å²) >= 11 is 0. The summed E-state index contributed by atoms with van der Waals surface area (Å²) in [4.78, 5) is 20.0. The van der Waals surface area contributed by atoms with Crippen molar-refractivity contribution in [3.8, 4) is 0 Å². The predicted molar refractivity (Wildman–Crippen MR) is 62.4 cm³/mol. The zero-order valence-corrected chi connectivity index (χ0v) is 9.98. The first kappa shape index (κ1) is 12.9. The molecule has 1 aromatic carbocycles. The van der Waals surface area contributed by atoms with Gasteiger partial charge in [-0.2, -0.15) is 0 Å². The minimum Gasteiger partial charge on any atom is -0.481 e. The molecule has 0 aliphatic carbocycles. The third-order valence-corrected chi connectivity index (χ3v) is 4.31. The molecule has 5 heteroatoms. The molecule has 0 aliphatic rings. The zero-order valence-electron chi connectivity index (χ0n) is 9.09. The Balaban J connectivity index is 2.81. The molecule has 0 radical (unpaired) electrons. The second-order valence-electron chi connectivity index (χ2n) is 3.59. The Hall–Kier alpha value is -1.12. The number of rotatable bonds is 5. The molecule has 0 amide bonds. The highest BCUT2D eigenvalue weighted by Crippen LogP contribution is 2.39. The molecule has 1 unspecified atom stereocenters. The van der Waals surface area contributed by atoms with E-state index in [0.29, 0.717) is 5.30 Å². The fourth-order valence-electron chi connectivity index (χ4n) is 1.34. The Morgan fingerprint density at radius 1 is 1.31 bits per heavy atom. The van der Waals surface area contributed by atoms with Crippen LogP contribution in [-0.4, -0.2) is 22.1 Å². The quantitative estimate of drug-likeness (QED) is 0.769. The number of carboxylic acids is 1. The molecule has 1 rings (SSSR count). The molecular weight excluding hydrogens is 227 g/mol. The van der Waals surface area contributed by atoms with Crippen LogP contribution < -0.4 is 5.30 Å². The van der Waals surface area contributed by atoms with Gasteiger partial charge in [0.15, 0.2) is 0 Å². The van der Waals surface area contributed by atoms with Gasteiger partial charge in [-0.25, -0.2) is 0 Å². The lowest BCUT2D eigenvalue weighted by Crippen LogP contribution is -2.10. The van der Waals surface area contributed by atoms with Gasteiger partial charge in [-0.15, -0.1) is 0 Å². The van der Waals surface area contributed by atoms with E-state index < -0.39 is 13.3 Å². The molecule has 0 saturated carbocycles. The highest BCUT2D eigenvalue weighted by Gasteiger charge is 2.21. The smallest absolute Gasteiger partial charge is 0.303 e. The third-order valence-electron chi connectivity index (χ3n) is 2.38. The molecule has 4 nitrogen and oxygen atoms in total. The van der Waals surface area contributed by atoms with Crippen LogP contribution in [0.3, 0.4) is 0 Å². The molecule has 0 aromatic heterocycles. The monoisotopic (exact) mass is 242 g/mol. The normalized spacial score (nSPS) is 14.4. The van der Waals surface area contributed by atoms with Crippen LogP contribution in [0.15, 0.2) is 24.3 Å². The molecule has 0 heterocycles. The summed E-state index contributed by atoms with van der Waals surface area (Å²) in [6.07, 6.45) is 0.363. The van der Waals surface area contributed by atoms with Gasteiger partial charge in [0.05, 0.1) is 6.42 Å². The molecule has 2 N–H and O–H groups in total. The fraction of sp³-hybridized carbons (Fsp3) is 0.364. The average Bonchev–Trinajstić information content (AvgIpc) is 2.27. The summed E-state index contributed by atoms with van der Waals surface area (Å²) in [6.45, 7) is 2.00. The van der Waals surface area contributed by atoms with Crippen molar-refractivity contribution in [2.45, 2.75) is 19.8 Å². The summed E-state index contributed by atoms with van der Waals surface area (Å²) in [5, 5.41) is 8.80. The Morgan fingerprint density at radius 2 is 1.88 bits per heavy atom. The third kappa shape index (κ3) is 3.47. The second-order valence-corrected chi connectivity index (χ2v) is 5.96. The van der Waals surface area contributed by atoms with Crippen molar-refractivity contribution in [2.75, 3.05) is 6.16 Å². The lowest BCUT2D eigenvalue weighted by molar-refractivity contribution is -0.136. The van der Waals surface area contributed by atoms with Gasteiger partial charge in [0.1, 0.15) is 0 Å². The number of hydrogen-bond acceptors (Lipinski definition) is 2. The topological polar surface area (TPSA) is 74.6 Å². The van der Waals surface area contributed by atoms with Crippen LogP contribution >= 0.6 is 7.37 Å². The lowest BCUT2D eigenvalue weighted by Gasteiger charge is -2.10. The Kier molecular flexibility index (Phi) is 4.27. The largest absolute Gasteiger partial charge is 0.481 e. The van der Waals surface area contributed by atoms with Gasteiger partial charge in [-0.1, -0.05) is 19.1 Å². The zero-order chi connectivity index (χ0) is 12.2. The number of aryl methyl sites for hydroxylation is 1. The molecule has 1 atom stereocenters. The molecule has 0 spiro atoms. The van der Waals surface area contributed by atoms with Crippen LogP contribution in [0.25, 0.3) is 0 Å². The van der Waals surface area contributed by atoms with Gasteiger partial charge in [0.2, 0.25) is 7.37 Å². The van der Waals surface area contributed by atoms with Crippen LogP contribution in [0.4, 0.5) is 0 Å². The first-order valence-electron chi connectivity index (χ1n) is 5.09. The fourth-order valence-corrected chi connectivity index (χ4v) is 2.71. The Morgan fingerprint density at radius 3 is 2.31 bits per heavy atom. The Bertz CT molecular complexity index is 410. The Labute approximate surface area is 94.4 Å². The molecule has 1 aromatic rings. The van der Waals surface area contributed by atoms with Gasteiger partial charge >= 0.3 is 5.97 Å². The predicted octanol–water partition coefficient (Wildman–Crippen LogP) is 1.62. The van der Waals surface area contributed by atoms with Crippen molar-refractivity contribution >= 4 is 18.6 Å². The van der Waals surface area contributed by atoms with Crippen LogP contribution in [0.5, 0.6) is 0 Å². The van der Waals surface area contributed by atoms with E-state index in [-0.39, 0.29) is 12.6 Å². The molecular formula is C11H15O4P. The summed E-state index contributed by atoms with van der Waals surface area (Å²) in [5.74, 6) is -1.06. The van der Waals surface area contributed by atoms with Crippen LogP contribution in [0.2, 0.25) is 0 Å². The van der Waals surface area contributed by atoms with E-state index in [1.165, 1.54) is 0 Å². The number of aliphatic carboxylic acids is 1. The maximum absolute atomic E-state index is 11.8. The van der Waals surface area contributed by atoms with Gasteiger partial charge in [-0.3, -0.25) is 9.36 Å². The van der Waals surface area contributed by atoms with E-state index in [0.717, 1.165) is 12.0 Å². The number of carboxylic acid groups (broad SMARTS) is 1. The average molecular weight is 242 g/mol. The summed E-state index contributed by atoms with van der Waals surface area (Å²) in [5.41, 5.74) is 1.09. The van der Waals surface area contributed by atoms with Gasteiger partial charge < -0.3 is 10.00 Å². The summed E-state index contributed by atoms with van der Waals surface area (Å²) < 4.78 is 11.8. The highest BCUT2D eigenvalue weighted by molar-refractivity contribution is 7.66. The van der Waals surface area contributed by atoms with Crippen molar-refractivity contribution < 1.29 is 19.4 Å². The van der Waals surface area contributed by atoms with E-state index in [1.807, 2.05) is 6.92 Å². The minimum absolute atomic E-state index is 0.214. The van der Waals surface area contributed by atoms with Gasteiger partial charge in [0, 0.05) is 11.5 Å². The van der Waals surface area contributed by atoms with Gasteiger partial charge in [0.25, 0.3) is 0 Å². The first-order valence-corrected chi connectivity index (χ1v) is 6.93. The number of carbonyl (C=O) groups is 1. The number of benzene rings is 1. The molecule has 88 valence electrons. The lowest BCUT2D eigenvalue weighted by atomic mass is 10.2. The van der Waals surface area contributed by atoms with Crippen molar-refractivity contribution in [1.82, 2.24) is 0 Å². The summed E-state index contributed by atoms with van der Waals surface area (Å²) in [6, 6.07) is 6.78. The molecule has 0 aliphatic heterocycles. The maximum Gasteiger partial charge on any atom is 0.303 e. The van der Waals surface area contributed by atoms with E-state index in [4.69, 9.17) is 5.11 Å². The van der Waals surface area contributed by atoms with Crippen molar-refractivity contribution in [3.63, 3.8) is 0 Å². The van der Waals surface area contributed by atoms with Gasteiger partial charge in [-0.05, 0) is 24.1 Å². The summed E-state index contributed by atoms with van der Waals surface area (Å²) in [7, 11) is -3.51. The van der Waals surface area contributed by atoms with Crippen LogP contribution in [0, 0.1) is 0 Å². The highest BCUT2D eigenvalue weighted by atomic mass is 31.2. The van der Waals surface area contributed by atoms with E-state index >= 15 is 0 Å². The maximum atomic E-state index is 11.8. The standard InChI is InChI=1S/C11H15O4P/c1-2-9-3-5-10(6-4-9)16(14,15)8-7-11(12)13/h3-6H,2,7-8H2,1H3,(H,12,13)(H,14,15). The van der Waals surface area contributed by atoms with Crippen molar-refractivity contribution in [1.29, 1.82) is 0 Å². The molecule has 0 bridgehead atoms. The van der Waals surface area contributed by atoms with Crippen LogP contribution in [0.1, 0.15) is 18.9 Å². The van der Waals surface area contributed by atoms with E-state index in [1.54, 1.807) is 24.3 Å². The first-order chi connectivity index (χ1) is 7.45. The van der Waals surface area contributed by atoms with Crippen molar-refractivity contribution in [2.24, 2.45) is 0 Å². The minimum atomic E-state index is -3.51. The van der Waals surface area contributed by atoms with E-state index in [2.05, 4.69) is 0 Å². The molecule has 0 fully saturated rings.